The number of benzene rings is 1. The van der Waals surface area contributed by atoms with Gasteiger partial charge in [0.25, 0.3) is 0 Å². The molecule has 1 aromatic rings. The topological polar surface area (TPSA) is 26.0 Å². The third-order valence-electron chi connectivity index (χ3n) is 2.35. The Hall–Kier alpha value is -0.960. The molecule has 1 unspecified atom stereocenters. The molecular formula is C11H15F2N. The van der Waals surface area contributed by atoms with E-state index in [1.54, 1.807) is 6.07 Å². The predicted octanol–water partition coefficient (Wildman–Crippen LogP) is 2.81. The standard InChI is InChI=1S/C11H15F2N/c1-8(4-3-7-14)9-5-2-6-10(12)11(9)13/h2,5-6,8H,3-4,7,14H2,1H3. The van der Waals surface area contributed by atoms with Crippen molar-refractivity contribution in [2.45, 2.75) is 25.7 Å². The molecule has 1 nitrogen and oxygen atoms in total. The molecule has 0 aliphatic rings. The van der Waals surface area contributed by atoms with Gasteiger partial charge in [-0.3, -0.25) is 0 Å². The Labute approximate surface area is 82.9 Å². The lowest BCUT2D eigenvalue weighted by Gasteiger charge is -2.12. The van der Waals surface area contributed by atoms with E-state index in [2.05, 4.69) is 0 Å². The Morgan fingerprint density at radius 3 is 2.71 bits per heavy atom. The Kier molecular flexibility index (Phi) is 4.01. The van der Waals surface area contributed by atoms with Crippen LogP contribution in [0.3, 0.4) is 0 Å². The second kappa shape index (κ2) is 5.05. The van der Waals surface area contributed by atoms with E-state index in [1.807, 2.05) is 6.92 Å². The summed E-state index contributed by atoms with van der Waals surface area (Å²) in [6.45, 7) is 2.47. The second-order valence-corrected chi connectivity index (χ2v) is 3.47. The fraction of sp³-hybridized carbons (Fsp3) is 0.455. The molecule has 0 bridgehead atoms. The number of hydrogen-bond acceptors (Lipinski definition) is 1. The monoisotopic (exact) mass is 199 g/mol. The van der Waals surface area contributed by atoms with Gasteiger partial charge in [-0.15, -0.1) is 0 Å². The number of nitrogens with two attached hydrogens (primary N) is 1. The molecular weight excluding hydrogens is 184 g/mol. The molecule has 0 heterocycles. The average Bonchev–Trinajstić information content (AvgIpc) is 2.18. The van der Waals surface area contributed by atoms with Gasteiger partial charge in [-0.25, -0.2) is 8.78 Å². The highest BCUT2D eigenvalue weighted by Gasteiger charge is 2.13. The summed E-state index contributed by atoms with van der Waals surface area (Å²) in [6, 6.07) is 4.29. The highest BCUT2D eigenvalue weighted by molar-refractivity contribution is 5.22. The summed E-state index contributed by atoms with van der Waals surface area (Å²) in [6.07, 6.45) is 1.62. The minimum atomic E-state index is -0.776. The molecule has 0 aromatic heterocycles. The third kappa shape index (κ3) is 2.51. The molecule has 0 aliphatic heterocycles. The number of rotatable bonds is 4. The molecule has 2 N–H and O–H groups in total. The fourth-order valence-corrected chi connectivity index (χ4v) is 1.48. The van der Waals surface area contributed by atoms with Crippen molar-refractivity contribution in [1.29, 1.82) is 0 Å². The largest absolute Gasteiger partial charge is 0.330 e. The third-order valence-corrected chi connectivity index (χ3v) is 2.35. The van der Waals surface area contributed by atoms with E-state index in [1.165, 1.54) is 6.07 Å². The van der Waals surface area contributed by atoms with Gasteiger partial charge in [-0.1, -0.05) is 19.1 Å². The highest BCUT2D eigenvalue weighted by Crippen LogP contribution is 2.24. The molecule has 0 fully saturated rings. The maximum Gasteiger partial charge on any atom is 0.162 e. The van der Waals surface area contributed by atoms with Gasteiger partial charge < -0.3 is 5.73 Å². The molecule has 1 aromatic carbocycles. The summed E-state index contributed by atoms with van der Waals surface area (Å²) < 4.78 is 26.1. The van der Waals surface area contributed by atoms with Gasteiger partial charge in [0.2, 0.25) is 0 Å². The molecule has 78 valence electrons. The van der Waals surface area contributed by atoms with Gasteiger partial charge in [0.1, 0.15) is 0 Å². The maximum atomic E-state index is 13.3. The molecule has 14 heavy (non-hydrogen) atoms. The van der Waals surface area contributed by atoms with Crippen LogP contribution < -0.4 is 5.73 Å². The van der Waals surface area contributed by atoms with Gasteiger partial charge in [0, 0.05) is 0 Å². The van der Waals surface area contributed by atoms with E-state index < -0.39 is 11.6 Å². The fourth-order valence-electron chi connectivity index (χ4n) is 1.48. The summed E-state index contributed by atoms with van der Waals surface area (Å²) in [5.74, 6) is -1.48. The van der Waals surface area contributed by atoms with Crippen LogP contribution >= 0.6 is 0 Å². The molecule has 0 saturated heterocycles. The number of hydrogen-bond donors (Lipinski definition) is 1. The molecule has 3 heteroatoms. The van der Waals surface area contributed by atoms with Crippen LogP contribution in [0.5, 0.6) is 0 Å². The lowest BCUT2D eigenvalue weighted by Crippen LogP contribution is -2.04. The average molecular weight is 199 g/mol. The van der Waals surface area contributed by atoms with Crippen LogP contribution in [0.4, 0.5) is 8.78 Å². The van der Waals surface area contributed by atoms with E-state index in [0.717, 1.165) is 18.9 Å². The van der Waals surface area contributed by atoms with Crippen LogP contribution in [0.2, 0.25) is 0 Å². The molecule has 0 amide bonds. The van der Waals surface area contributed by atoms with E-state index in [4.69, 9.17) is 5.73 Å². The molecule has 1 rings (SSSR count). The van der Waals surface area contributed by atoms with Crippen LogP contribution in [-0.2, 0) is 0 Å². The lowest BCUT2D eigenvalue weighted by molar-refractivity contribution is 0.485. The van der Waals surface area contributed by atoms with Gasteiger partial charge in [-0.05, 0) is 36.9 Å². The lowest BCUT2D eigenvalue weighted by atomic mass is 9.95. The van der Waals surface area contributed by atoms with Gasteiger partial charge >= 0.3 is 0 Å². The predicted molar refractivity (Wildman–Crippen MR) is 53.1 cm³/mol. The van der Waals surface area contributed by atoms with Gasteiger partial charge in [-0.2, -0.15) is 0 Å². The van der Waals surface area contributed by atoms with Crippen molar-refractivity contribution in [1.82, 2.24) is 0 Å². The van der Waals surface area contributed by atoms with Crippen LogP contribution in [0.25, 0.3) is 0 Å². The Morgan fingerprint density at radius 2 is 2.07 bits per heavy atom. The summed E-state index contributed by atoms with van der Waals surface area (Å²) in [4.78, 5) is 0. The van der Waals surface area contributed by atoms with Crippen LogP contribution in [-0.4, -0.2) is 6.54 Å². The van der Waals surface area contributed by atoms with Crippen molar-refractivity contribution in [3.05, 3.63) is 35.4 Å². The molecule has 0 saturated carbocycles. The first kappa shape index (κ1) is 11.1. The number of halogens is 2. The first-order chi connectivity index (χ1) is 6.66. The Morgan fingerprint density at radius 1 is 1.36 bits per heavy atom. The summed E-state index contributed by atoms with van der Waals surface area (Å²) in [5, 5.41) is 0. The molecule has 0 radical (unpaired) electrons. The van der Waals surface area contributed by atoms with E-state index in [-0.39, 0.29) is 5.92 Å². The van der Waals surface area contributed by atoms with Crippen molar-refractivity contribution in [3.8, 4) is 0 Å². The summed E-state index contributed by atoms with van der Waals surface area (Å²) >= 11 is 0. The van der Waals surface area contributed by atoms with E-state index >= 15 is 0 Å². The van der Waals surface area contributed by atoms with Crippen molar-refractivity contribution < 1.29 is 8.78 Å². The first-order valence-corrected chi connectivity index (χ1v) is 4.80. The van der Waals surface area contributed by atoms with Crippen LogP contribution in [0.15, 0.2) is 18.2 Å². The van der Waals surface area contributed by atoms with Crippen LogP contribution in [0.1, 0.15) is 31.2 Å². The van der Waals surface area contributed by atoms with Crippen molar-refractivity contribution >= 4 is 0 Å². The zero-order chi connectivity index (χ0) is 10.6. The zero-order valence-electron chi connectivity index (χ0n) is 8.26. The highest BCUT2D eigenvalue weighted by atomic mass is 19.2. The van der Waals surface area contributed by atoms with Crippen molar-refractivity contribution in [2.24, 2.45) is 5.73 Å². The SMILES string of the molecule is CC(CCCN)c1cccc(F)c1F. The maximum absolute atomic E-state index is 13.3. The summed E-state index contributed by atoms with van der Waals surface area (Å²) in [7, 11) is 0. The zero-order valence-corrected chi connectivity index (χ0v) is 8.26. The van der Waals surface area contributed by atoms with E-state index in [9.17, 15) is 8.78 Å². The molecule has 1 atom stereocenters. The minimum absolute atomic E-state index is 0.0225. The smallest absolute Gasteiger partial charge is 0.162 e. The minimum Gasteiger partial charge on any atom is -0.330 e. The Bertz CT molecular complexity index is 299. The summed E-state index contributed by atoms with van der Waals surface area (Å²) in [5.41, 5.74) is 5.80. The van der Waals surface area contributed by atoms with Crippen LogP contribution in [0, 0.1) is 11.6 Å². The normalized spacial score (nSPS) is 12.9. The van der Waals surface area contributed by atoms with Crippen molar-refractivity contribution in [3.63, 3.8) is 0 Å². The van der Waals surface area contributed by atoms with Crippen molar-refractivity contribution in [2.75, 3.05) is 6.54 Å². The first-order valence-electron chi connectivity index (χ1n) is 4.80. The van der Waals surface area contributed by atoms with E-state index in [0.29, 0.717) is 12.1 Å². The van der Waals surface area contributed by atoms with Gasteiger partial charge in [0.05, 0.1) is 0 Å². The quantitative estimate of drug-likeness (QED) is 0.792. The molecule has 0 spiro atoms. The Balaban J connectivity index is 2.79. The molecule has 0 aliphatic carbocycles. The second-order valence-electron chi connectivity index (χ2n) is 3.47. The van der Waals surface area contributed by atoms with Gasteiger partial charge in [0.15, 0.2) is 11.6 Å².